The summed E-state index contributed by atoms with van der Waals surface area (Å²) in [6, 6.07) is 0. The second kappa shape index (κ2) is 8.49. The van der Waals surface area contributed by atoms with Gasteiger partial charge in [-0.1, -0.05) is 11.6 Å². The molecule has 0 atom stereocenters. The third-order valence-electron chi connectivity index (χ3n) is 5.58. The highest BCUT2D eigenvalue weighted by Crippen LogP contribution is 2.29. The molecule has 0 spiro atoms. The average Bonchev–Trinajstić information content (AvgIpc) is 3.32. The van der Waals surface area contributed by atoms with Gasteiger partial charge < -0.3 is 10.1 Å². The number of fused-ring (bicyclic) bond motifs is 2. The molecule has 29 heavy (non-hydrogen) atoms. The molecule has 2 aliphatic rings. The van der Waals surface area contributed by atoms with E-state index < -0.39 is 5.97 Å². The Hall–Kier alpha value is -2.48. The average molecular weight is 416 g/mol. The van der Waals surface area contributed by atoms with Crippen molar-refractivity contribution in [1.82, 2.24) is 14.9 Å². The minimum absolute atomic E-state index is 0.0925. The molecular formula is C21H25N3O4S. The van der Waals surface area contributed by atoms with E-state index in [1.165, 1.54) is 18.4 Å². The van der Waals surface area contributed by atoms with E-state index in [-0.39, 0.29) is 18.1 Å². The van der Waals surface area contributed by atoms with Crippen molar-refractivity contribution in [2.75, 3.05) is 13.2 Å². The van der Waals surface area contributed by atoms with Gasteiger partial charge in [0.15, 0.2) is 6.61 Å². The van der Waals surface area contributed by atoms with Gasteiger partial charge in [-0.25, -0.2) is 9.78 Å². The summed E-state index contributed by atoms with van der Waals surface area (Å²) in [6.07, 6.45) is 9.48. The Bertz CT molecular complexity index is 1050. The minimum atomic E-state index is -0.583. The molecule has 0 bridgehead atoms. The van der Waals surface area contributed by atoms with Crippen LogP contribution in [0.5, 0.6) is 0 Å². The lowest BCUT2D eigenvalue weighted by atomic mass is 9.97. The third kappa shape index (κ3) is 4.12. The minimum Gasteiger partial charge on any atom is -0.451 e. The number of allylic oxidation sites excluding steroid dienone is 1. The molecule has 0 unspecified atom stereocenters. The highest BCUT2D eigenvalue weighted by atomic mass is 32.1. The van der Waals surface area contributed by atoms with Crippen LogP contribution in [0.4, 0.5) is 0 Å². The molecule has 1 amide bonds. The number of hydrogen-bond donors (Lipinski definition) is 1. The van der Waals surface area contributed by atoms with Gasteiger partial charge in [0.1, 0.15) is 15.5 Å². The van der Waals surface area contributed by atoms with Crippen LogP contribution in [0.2, 0.25) is 0 Å². The largest absolute Gasteiger partial charge is 0.451 e. The van der Waals surface area contributed by atoms with Gasteiger partial charge in [0, 0.05) is 19.5 Å². The second-order valence-electron chi connectivity index (χ2n) is 7.61. The van der Waals surface area contributed by atoms with Crippen molar-refractivity contribution in [2.24, 2.45) is 0 Å². The Morgan fingerprint density at radius 1 is 1.28 bits per heavy atom. The molecule has 1 aliphatic heterocycles. The fraction of sp³-hybridized carbons (Fsp3) is 0.524. The molecule has 1 aliphatic carbocycles. The number of aryl methyl sites for hydroxylation is 2. The van der Waals surface area contributed by atoms with Crippen LogP contribution in [0, 0.1) is 6.92 Å². The maximum absolute atomic E-state index is 12.7. The molecule has 2 aromatic rings. The summed E-state index contributed by atoms with van der Waals surface area (Å²) in [6.45, 7) is 2.63. The molecule has 0 saturated carbocycles. The number of nitrogens with zero attached hydrogens (tertiary/aromatic N) is 2. The maximum Gasteiger partial charge on any atom is 0.349 e. The zero-order valence-electron chi connectivity index (χ0n) is 16.6. The number of ether oxygens (including phenoxy) is 1. The smallest absolute Gasteiger partial charge is 0.349 e. The van der Waals surface area contributed by atoms with Gasteiger partial charge >= 0.3 is 5.97 Å². The summed E-state index contributed by atoms with van der Waals surface area (Å²) in [5.41, 5.74) is 1.88. The second-order valence-corrected chi connectivity index (χ2v) is 8.61. The van der Waals surface area contributed by atoms with E-state index in [1.807, 2.05) is 0 Å². The van der Waals surface area contributed by atoms with Crippen LogP contribution < -0.4 is 10.9 Å². The van der Waals surface area contributed by atoms with Crippen molar-refractivity contribution in [2.45, 2.75) is 58.4 Å². The molecule has 0 aromatic carbocycles. The first-order valence-corrected chi connectivity index (χ1v) is 11.0. The van der Waals surface area contributed by atoms with E-state index in [2.05, 4.69) is 16.4 Å². The number of nitrogens with one attached hydrogen (secondary N) is 1. The number of rotatable bonds is 6. The van der Waals surface area contributed by atoms with E-state index in [4.69, 9.17) is 4.74 Å². The predicted molar refractivity (Wildman–Crippen MR) is 111 cm³/mol. The molecule has 0 saturated heterocycles. The van der Waals surface area contributed by atoms with E-state index in [1.54, 1.807) is 11.5 Å². The predicted octanol–water partition coefficient (Wildman–Crippen LogP) is 2.88. The number of aromatic nitrogens is 2. The van der Waals surface area contributed by atoms with Crippen LogP contribution in [0.25, 0.3) is 10.2 Å². The van der Waals surface area contributed by atoms with Crippen LogP contribution in [-0.2, 0) is 22.5 Å². The normalized spacial score (nSPS) is 15.8. The number of hydrogen-bond acceptors (Lipinski definition) is 6. The number of carbonyl (C=O) groups is 2. The molecule has 2 aromatic heterocycles. The van der Waals surface area contributed by atoms with Gasteiger partial charge in [-0.3, -0.25) is 14.2 Å². The van der Waals surface area contributed by atoms with E-state index in [0.29, 0.717) is 33.7 Å². The zero-order valence-corrected chi connectivity index (χ0v) is 17.4. The molecule has 4 rings (SSSR count). The molecular weight excluding hydrogens is 390 g/mol. The van der Waals surface area contributed by atoms with Crippen LogP contribution in [0.15, 0.2) is 16.4 Å². The van der Waals surface area contributed by atoms with Crippen LogP contribution in [0.3, 0.4) is 0 Å². The lowest BCUT2D eigenvalue weighted by Gasteiger charge is -2.13. The molecule has 0 radical (unpaired) electrons. The Balaban J connectivity index is 1.36. The van der Waals surface area contributed by atoms with Gasteiger partial charge in [-0.2, -0.15) is 0 Å². The number of amides is 1. The summed E-state index contributed by atoms with van der Waals surface area (Å²) < 4.78 is 6.88. The lowest BCUT2D eigenvalue weighted by Crippen LogP contribution is -2.29. The van der Waals surface area contributed by atoms with Crippen LogP contribution in [-0.4, -0.2) is 34.6 Å². The van der Waals surface area contributed by atoms with Gasteiger partial charge in [0.25, 0.3) is 11.5 Å². The number of carbonyl (C=O) groups excluding carboxylic acids is 2. The Morgan fingerprint density at radius 2 is 2.14 bits per heavy atom. The molecule has 0 fully saturated rings. The number of esters is 1. The molecule has 1 N–H and O–H groups in total. The topological polar surface area (TPSA) is 90.3 Å². The van der Waals surface area contributed by atoms with Gasteiger partial charge in [-0.05, 0) is 51.0 Å². The standard InChI is InChI=1S/C21H25N3O4S/c1-13-17-19(23-15-8-5-11-24(15)20(17)26)29-18(13)21(27)28-12-16(25)22-10-9-14-6-3-2-4-7-14/h6H,2-5,7-12H2,1H3,(H,22,25). The summed E-state index contributed by atoms with van der Waals surface area (Å²) in [4.78, 5) is 42.6. The Morgan fingerprint density at radius 3 is 2.93 bits per heavy atom. The monoisotopic (exact) mass is 415 g/mol. The highest BCUT2D eigenvalue weighted by Gasteiger charge is 2.24. The summed E-state index contributed by atoms with van der Waals surface area (Å²) >= 11 is 1.16. The first kappa shape index (κ1) is 19.8. The summed E-state index contributed by atoms with van der Waals surface area (Å²) in [7, 11) is 0. The van der Waals surface area contributed by atoms with Crippen LogP contribution >= 0.6 is 11.3 Å². The summed E-state index contributed by atoms with van der Waals surface area (Å²) in [5, 5.41) is 3.28. The molecule has 7 nitrogen and oxygen atoms in total. The SMILES string of the molecule is Cc1c(C(=O)OCC(=O)NCCC2=CCCCC2)sc2nc3n(c(=O)c12)CCC3. The number of thiophene rings is 1. The van der Waals surface area contributed by atoms with Crippen molar-refractivity contribution in [1.29, 1.82) is 0 Å². The van der Waals surface area contributed by atoms with Crippen molar-refractivity contribution < 1.29 is 14.3 Å². The third-order valence-corrected chi connectivity index (χ3v) is 6.75. The Labute approximate surface area is 172 Å². The maximum atomic E-state index is 12.7. The summed E-state index contributed by atoms with van der Waals surface area (Å²) in [5.74, 6) is -0.123. The van der Waals surface area contributed by atoms with Gasteiger partial charge in [0.05, 0.1) is 5.39 Å². The highest BCUT2D eigenvalue weighted by molar-refractivity contribution is 7.20. The fourth-order valence-corrected chi connectivity index (χ4v) is 5.10. The van der Waals surface area contributed by atoms with Gasteiger partial charge in [-0.15, -0.1) is 11.3 Å². The van der Waals surface area contributed by atoms with Crippen molar-refractivity contribution in [3.05, 3.63) is 38.3 Å². The molecule has 154 valence electrons. The van der Waals surface area contributed by atoms with E-state index in [9.17, 15) is 14.4 Å². The quantitative estimate of drug-likeness (QED) is 0.579. The lowest BCUT2D eigenvalue weighted by molar-refractivity contribution is -0.124. The molecule has 3 heterocycles. The first-order chi connectivity index (χ1) is 14.0. The van der Waals surface area contributed by atoms with E-state index in [0.717, 1.165) is 49.3 Å². The van der Waals surface area contributed by atoms with E-state index >= 15 is 0 Å². The van der Waals surface area contributed by atoms with Crippen molar-refractivity contribution in [3.63, 3.8) is 0 Å². The Kier molecular flexibility index (Phi) is 5.80. The van der Waals surface area contributed by atoms with Gasteiger partial charge in [0.2, 0.25) is 0 Å². The zero-order chi connectivity index (χ0) is 20.4. The van der Waals surface area contributed by atoms with Crippen molar-refractivity contribution >= 4 is 33.4 Å². The first-order valence-electron chi connectivity index (χ1n) is 10.2. The molecule has 8 heteroatoms. The van der Waals surface area contributed by atoms with Crippen molar-refractivity contribution in [3.8, 4) is 0 Å². The van der Waals surface area contributed by atoms with Crippen LogP contribution in [0.1, 0.15) is 59.6 Å². The fourth-order valence-electron chi connectivity index (χ4n) is 4.01.